The van der Waals surface area contributed by atoms with Crippen molar-refractivity contribution in [3.05, 3.63) is 0 Å². The summed E-state index contributed by atoms with van der Waals surface area (Å²) in [6.45, 7) is 46.0. The van der Waals surface area contributed by atoms with Crippen molar-refractivity contribution in [2.45, 2.75) is 275 Å². The van der Waals surface area contributed by atoms with Gasteiger partial charge in [-0.3, -0.25) is 0 Å². The van der Waals surface area contributed by atoms with Crippen LogP contribution in [0.4, 0.5) is 0 Å². The second-order valence-electron chi connectivity index (χ2n) is 24.7. The van der Waals surface area contributed by atoms with E-state index < -0.39 is 44.0 Å². The van der Waals surface area contributed by atoms with Gasteiger partial charge in [0.1, 0.15) is 0 Å². The molecule has 21 saturated heterocycles. The molecule has 21 rings (SSSR count). The van der Waals surface area contributed by atoms with Crippen molar-refractivity contribution < 1.29 is 66.3 Å². The maximum absolute atomic E-state index is 6.97. The highest BCUT2D eigenvalue weighted by Gasteiger charge is 2.54. The average Bonchev–Trinajstić information content (AvgIpc) is 3.31. The second-order valence-corrected chi connectivity index (χ2v) is 24.7. The molecule has 0 aromatic carbocycles. The third kappa shape index (κ3) is 10.6. The normalized spacial score (nSPS) is 59.7. The molecule has 0 aromatic rings. The van der Waals surface area contributed by atoms with E-state index >= 15 is 0 Å². The first-order valence-corrected chi connectivity index (χ1v) is 28.1. The van der Waals surface area contributed by atoms with Gasteiger partial charge in [-0.1, -0.05) is 96.9 Å². The van der Waals surface area contributed by atoms with Crippen molar-refractivity contribution >= 4 is 0 Å². The summed E-state index contributed by atoms with van der Waals surface area (Å²) < 4.78 is 96.1. The topological polar surface area (TPSA) is 129 Å². The van der Waals surface area contributed by atoms with Gasteiger partial charge in [0.25, 0.3) is 0 Å². The van der Waals surface area contributed by atoms with Crippen molar-refractivity contribution in [1.29, 1.82) is 0 Å². The summed E-state index contributed by atoms with van der Waals surface area (Å²) in [4.78, 5) is 0. The molecule has 14 heteroatoms. The molecule has 0 amide bonds. The molecule has 0 spiro atoms. The second kappa shape index (κ2) is 22.2. The van der Waals surface area contributed by atoms with E-state index in [0.717, 1.165) is 0 Å². The Morgan fingerprint density at radius 1 is 0.129 bits per heavy atom. The van der Waals surface area contributed by atoms with Crippen LogP contribution in [-0.2, 0) is 66.3 Å². The Kier molecular flexibility index (Phi) is 17.6. The molecule has 21 aliphatic heterocycles. The molecule has 14 unspecified atom stereocenters. The lowest BCUT2D eigenvalue weighted by molar-refractivity contribution is -0.364. The fourth-order valence-corrected chi connectivity index (χ4v) is 13.5. The Bertz CT molecular complexity index is 1360. The third-order valence-corrected chi connectivity index (χ3v) is 20.2. The van der Waals surface area contributed by atoms with Gasteiger partial charge in [-0.25, -0.2) is 0 Å². The van der Waals surface area contributed by atoms with Gasteiger partial charge in [0.15, 0.2) is 44.0 Å². The van der Waals surface area contributed by atoms with Gasteiger partial charge in [-0.15, -0.1) is 0 Å². The Labute approximate surface area is 422 Å². The molecule has 0 radical (unpaired) electrons. The van der Waals surface area contributed by atoms with Crippen molar-refractivity contribution in [2.75, 3.05) is 0 Å². The van der Waals surface area contributed by atoms with E-state index in [1.165, 1.54) is 0 Å². The van der Waals surface area contributed by atoms with Crippen LogP contribution in [0.15, 0.2) is 0 Å². The summed E-state index contributed by atoms with van der Waals surface area (Å²) >= 11 is 0. The highest BCUT2D eigenvalue weighted by atomic mass is 16.8. The van der Waals surface area contributed by atoms with Crippen molar-refractivity contribution in [3.8, 4) is 0 Å². The highest BCUT2D eigenvalue weighted by molar-refractivity contribution is 4.96. The minimum absolute atomic E-state index is 0.0576. The summed E-state index contributed by atoms with van der Waals surface area (Å²) in [5, 5.41) is 0. The molecule has 0 aromatic heterocycles. The van der Waals surface area contributed by atoms with Gasteiger partial charge >= 0.3 is 0 Å². The zero-order valence-electron chi connectivity index (χ0n) is 46.9. The SMILES string of the molecule is CC1O[C@@H]2O[C@H]3C(C)O[C@@H](O[C@H]4C(C)O[C@@H](O[C@H]5C(C)O[C@@H](O[C@H]6C(C)O[C@@H](O[C@H]7C(C)O[C@@H](O[C@H]8C(C)O[C@@H](O[C@@H]1C(C)[C@H]2C)C(C)[C@H]8C)C(C)[C@H]7C)[C@H](C)C6C)[C@H](C)C5C)[C@H](C)C4C)[C@H](C)C3C. The fraction of sp³-hybridized carbons (Fsp3) is 1.00. The van der Waals surface area contributed by atoms with Gasteiger partial charge in [0.05, 0.1) is 85.5 Å². The van der Waals surface area contributed by atoms with Gasteiger partial charge in [-0.05, 0) is 89.9 Å². The lowest BCUT2D eigenvalue weighted by Crippen LogP contribution is -2.59. The Morgan fingerprint density at radius 3 is 0.329 bits per heavy atom. The van der Waals surface area contributed by atoms with Crippen LogP contribution in [0.5, 0.6) is 0 Å². The minimum Gasteiger partial charge on any atom is -0.347 e. The monoisotopic (exact) mass is 995 g/mol. The maximum Gasteiger partial charge on any atom is 0.161 e. The maximum atomic E-state index is 6.97. The van der Waals surface area contributed by atoms with Crippen LogP contribution in [0, 0.1) is 82.9 Å². The molecular weight excluding hydrogens is 897 g/mol. The molecule has 0 saturated carbocycles. The summed E-state index contributed by atoms with van der Waals surface area (Å²) in [6.07, 6.45) is -5.78. The molecule has 14 nitrogen and oxygen atoms in total. The van der Waals surface area contributed by atoms with E-state index in [2.05, 4.69) is 145 Å². The molecule has 0 N–H and O–H groups in total. The van der Waals surface area contributed by atoms with Crippen LogP contribution in [0.1, 0.15) is 145 Å². The molecule has 406 valence electrons. The van der Waals surface area contributed by atoms with Crippen LogP contribution in [0.3, 0.4) is 0 Å². The summed E-state index contributed by atoms with van der Waals surface area (Å²) in [6, 6.07) is 0. The van der Waals surface area contributed by atoms with E-state index in [4.69, 9.17) is 66.3 Å². The molecule has 35 atom stereocenters. The standard InChI is InChI=1S/C56H98O14/c1-22-29(8)50-57-36(15)43(22)64-51-30(9)23(2)45(38(17)58-51)66-53-32(11)25(4)47(40(19)60-53)68-55-34(13)27(6)49(42(21)62-55)70-56-35(14)28(7)48(41(20)63-56)69-54-33(12)26(5)46(39(18)61-54)67-52-31(10)24(3)44(65-50)37(16)59-52/h22-56H,1-21H3/t22-,23-,24?,25?,26?,27?,28?,29?,30?,31-,32-,33-,34-,35-,36?,37?,38?,39?,40?,41?,42?,43-,44-,45-,46-,47-,48-,49-,50+,51+,52-,53+,54+,55+,56+/m1/s1. The summed E-state index contributed by atoms with van der Waals surface area (Å²) in [5.41, 5.74) is 0. The summed E-state index contributed by atoms with van der Waals surface area (Å²) in [7, 11) is 0. The predicted octanol–water partition coefficient (Wildman–Crippen LogP) is 9.82. The number of ether oxygens (including phenoxy) is 14. The molecular formula is C56H98O14. The van der Waals surface area contributed by atoms with Crippen molar-refractivity contribution in [1.82, 2.24) is 0 Å². The number of hydrogen-bond donors (Lipinski definition) is 0. The van der Waals surface area contributed by atoms with Crippen molar-refractivity contribution in [2.24, 2.45) is 82.9 Å². The Hall–Kier alpha value is -0.560. The number of hydrogen-bond acceptors (Lipinski definition) is 14. The van der Waals surface area contributed by atoms with Gasteiger partial charge in [0.2, 0.25) is 0 Å². The summed E-state index contributed by atoms with van der Waals surface area (Å²) in [5.74, 6) is 1.37. The lowest BCUT2D eigenvalue weighted by Gasteiger charge is -2.51. The third-order valence-electron chi connectivity index (χ3n) is 20.2. The average molecular weight is 995 g/mol. The first kappa shape index (κ1) is 55.7. The molecule has 21 aliphatic rings. The zero-order valence-corrected chi connectivity index (χ0v) is 46.9. The van der Waals surface area contributed by atoms with Gasteiger partial charge < -0.3 is 66.3 Å². The van der Waals surface area contributed by atoms with Crippen LogP contribution in [-0.4, -0.2) is 129 Å². The fourth-order valence-electron chi connectivity index (χ4n) is 13.5. The number of rotatable bonds is 0. The zero-order chi connectivity index (χ0) is 51.1. The Morgan fingerprint density at radius 2 is 0.229 bits per heavy atom. The largest absolute Gasteiger partial charge is 0.347 e. The highest BCUT2D eigenvalue weighted by Crippen LogP contribution is 2.46. The van der Waals surface area contributed by atoms with Crippen LogP contribution < -0.4 is 0 Å². The van der Waals surface area contributed by atoms with E-state index in [1.807, 2.05) is 0 Å². The van der Waals surface area contributed by atoms with Gasteiger partial charge in [0, 0.05) is 41.4 Å². The molecule has 21 heterocycles. The van der Waals surface area contributed by atoms with E-state index in [0.29, 0.717) is 0 Å². The molecule has 14 bridgehead atoms. The van der Waals surface area contributed by atoms with E-state index in [1.54, 1.807) is 0 Å². The lowest BCUT2D eigenvalue weighted by atomic mass is 9.81. The smallest absolute Gasteiger partial charge is 0.161 e. The van der Waals surface area contributed by atoms with Gasteiger partial charge in [-0.2, -0.15) is 0 Å². The first-order chi connectivity index (χ1) is 32.9. The predicted molar refractivity (Wildman–Crippen MR) is 263 cm³/mol. The molecule has 21 fully saturated rings. The van der Waals surface area contributed by atoms with Crippen LogP contribution >= 0.6 is 0 Å². The van der Waals surface area contributed by atoms with Crippen LogP contribution in [0.25, 0.3) is 0 Å². The van der Waals surface area contributed by atoms with Crippen molar-refractivity contribution in [3.63, 3.8) is 0 Å². The Balaban J connectivity index is 1.02. The van der Waals surface area contributed by atoms with E-state index in [-0.39, 0.29) is 168 Å². The molecule has 0 aliphatic carbocycles. The quantitative estimate of drug-likeness (QED) is 0.228. The first-order valence-electron chi connectivity index (χ1n) is 28.1. The van der Waals surface area contributed by atoms with Crippen LogP contribution in [0.2, 0.25) is 0 Å². The molecule has 70 heavy (non-hydrogen) atoms. The minimum atomic E-state index is -0.419. The van der Waals surface area contributed by atoms with E-state index in [9.17, 15) is 0 Å².